The Balaban J connectivity index is 1.95. The minimum atomic E-state index is -0.259. The van der Waals surface area contributed by atoms with Crippen LogP contribution in [0.3, 0.4) is 0 Å². The zero-order chi connectivity index (χ0) is 14.9. The molecule has 5 heteroatoms. The van der Waals surface area contributed by atoms with Gasteiger partial charge in [-0.05, 0) is 18.1 Å². The number of hydrogen-bond acceptors (Lipinski definition) is 5. The lowest BCUT2D eigenvalue weighted by atomic mass is 10.1. The van der Waals surface area contributed by atoms with E-state index in [1.165, 1.54) is 0 Å². The van der Waals surface area contributed by atoms with E-state index in [0.717, 1.165) is 17.7 Å². The number of ether oxygens (including phenoxy) is 4. The molecule has 1 aliphatic rings. The van der Waals surface area contributed by atoms with Gasteiger partial charge in [-0.1, -0.05) is 24.8 Å². The number of para-hydroxylation sites is 1. The Kier molecular flexibility index (Phi) is 6.24. The highest BCUT2D eigenvalue weighted by atomic mass is 16.5. The fourth-order valence-corrected chi connectivity index (χ4v) is 1.90. The maximum atomic E-state index is 11.6. The van der Waals surface area contributed by atoms with E-state index in [0.29, 0.717) is 33.0 Å². The van der Waals surface area contributed by atoms with E-state index in [2.05, 4.69) is 6.58 Å². The number of ketones is 1. The molecule has 21 heavy (non-hydrogen) atoms. The molecule has 0 unspecified atom stereocenters. The van der Waals surface area contributed by atoms with Crippen molar-refractivity contribution in [2.24, 2.45) is 0 Å². The van der Waals surface area contributed by atoms with Crippen molar-refractivity contribution in [2.45, 2.75) is 6.42 Å². The van der Waals surface area contributed by atoms with Crippen molar-refractivity contribution in [2.75, 3.05) is 39.6 Å². The van der Waals surface area contributed by atoms with Gasteiger partial charge in [0.15, 0.2) is 5.76 Å². The van der Waals surface area contributed by atoms with Crippen LogP contribution in [0.1, 0.15) is 5.56 Å². The molecule has 114 valence electrons. The summed E-state index contributed by atoms with van der Waals surface area (Å²) in [5.74, 6) is 0.675. The van der Waals surface area contributed by atoms with E-state index in [4.69, 9.17) is 18.9 Å². The molecule has 1 aromatic carbocycles. The van der Waals surface area contributed by atoms with E-state index < -0.39 is 0 Å². The summed E-state index contributed by atoms with van der Waals surface area (Å²) in [6, 6.07) is 7.83. The minimum Gasteiger partial charge on any atom is -0.491 e. The summed E-state index contributed by atoms with van der Waals surface area (Å²) in [7, 11) is 0. The van der Waals surface area contributed by atoms with Crippen LogP contribution in [0.4, 0.5) is 0 Å². The van der Waals surface area contributed by atoms with Gasteiger partial charge in [-0.25, -0.2) is 0 Å². The molecule has 0 aliphatic carbocycles. The number of benzene rings is 1. The van der Waals surface area contributed by atoms with Crippen LogP contribution in [-0.4, -0.2) is 45.4 Å². The van der Waals surface area contributed by atoms with Gasteiger partial charge in [0.2, 0.25) is 5.78 Å². The van der Waals surface area contributed by atoms with Gasteiger partial charge in [0.25, 0.3) is 0 Å². The number of carbonyl (C=O) groups is 1. The summed E-state index contributed by atoms with van der Waals surface area (Å²) < 4.78 is 21.6. The lowest BCUT2D eigenvalue weighted by Crippen LogP contribution is -2.17. The summed E-state index contributed by atoms with van der Waals surface area (Å²) in [6.45, 7) is 5.54. The smallest absolute Gasteiger partial charge is 0.222 e. The number of rotatable bonds is 0. The quantitative estimate of drug-likeness (QED) is 0.682. The van der Waals surface area contributed by atoms with Crippen LogP contribution in [0, 0.1) is 0 Å². The highest BCUT2D eigenvalue weighted by Crippen LogP contribution is 2.18. The molecule has 1 aromatic rings. The Hall–Kier alpha value is -1.85. The van der Waals surface area contributed by atoms with Gasteiger partial charge in [0, 0.05) is 0 Å². The Morgan fingerprint density at radius 1 is 0.905 bits per heavy atom. The maximum absolute atomic E-state index is 11.6. The van der Waals surface area contributed by atoms with Gasteiger partial charge >= 0.3 is 0 Å². The SMILES string of the molecule is C=C1OCCOCCc2ccccc2OCCOCC1=O. The van der Waals surface area contributed by atoms with Crippen LogP contribution in [0.15, 0.2) is 36.6 Å². The first-order chi connectivity index (χ1) is 10.3. The van der Waals surface area contributed by atoms with E-state index in [1.54, 1.807) is 0 Å². The second kappa shape index (κ2) is 8.44. The second-order valence-corrected chi connectivity index (χ2v) is 4.57. The average Bonchev–Trinajstić information content (AvgIpc) is 2.50. The average molecular weight is 292 g/mol. The summed E-state index contributed by atoms with van der Waals surface area (Å²) in [6.07, 6.45) is 0.761. The molecule has 2 rings (SSSR count). The molecular weight excluding hydrogens is 272 g/mol. The fraction of sp³-hybridized carbons (Fsp3) is 0.438. The standard InChI is InChI=1S/C16H20O5/c1-13-15(17)12-19-9-11-21-16-5-3-2-4-14(16)6-7-18-8-10-20-13/h2-5H,1,6-12H2. The lowest BCUT2D eigenvalue weighted by Gasteiger charge is -2.11. The van der Waals surface area contributed by atoms with Crippen LogP contribution >= 0.6 is 0 Å². The summed E-state index contributed by atoms with van der Waals surface area (Å²) in [5.41, 5.74) is 1.09. The molecule has 0 bridgehead atoms. The predicted octanol–water partition coefficient (Wildman–Crippen LogP) is 1.75. The van der Waals surface area contributed by atoms with Crippen molar-refractivity contribution in [3.05, 3.63) is 42.2 Å². The van der Waals surface area contributed by atoms with E-state index >= 15 is 0 Å². The molecule has 0 spiro atoms. The number of hydrogen-bond donors (Lipinski definition) is 0. The second-order valence-electron chi connectivity index (χ2n) is 4.57. The summed E-state index contributed by atoms with van der Waals surface area (Å²) in [5, 5.41) is 0. The number of carbonyl (C=O) groups excluding carboxylic acids is 1. The van der Waals surface area contributed by atoms with Gasteiger partial charge < -0.3 is 18.9 Å². The van der Waals surface area contributed by atoms with Crippen molar-refractivity contribution in [1.29, 1.82) is 0 Å². The number of fused-ring (bicyclic) bond motifs is 1. The molecular formula is C16H20O5. The Labute approximate surface area is 124 Å². The molecule has 0 fully saturated rings. The van der Waals surface area contributed by atoms with Gasteiger partial charge in [0.05, 0.1) is 19.8 Å². The van der Waals surface area contributed by atoms with Gasteiger partial charge in [0.1, 0.15) is 25.6 Å². The molecule has 0 amide bonds. The molecule has 0 aromatic heterocycles. The van der Waals surface area contributed by atoms with Crippen LogP contribution in [0.25, 0.3) is 0 Å². The summed E-state index contributed by atoms with van der Waals surface area (Å²) >= 11 is 0. The van der Waals surface area contributed by atoms with E-state index in [-0.39, 0.29) is 18.1 Å². The van der Waals surface area contributed by atoms with Crippen molar-refractivity contribution in [1.82, 2.24) is 0 Å². The monoisotopic (exact) mass is 292 g/mol. The van der Waals surface area contributed by atoms with Crippen molar-refractivity contribution >= 4 is 5.78 Å². The third-order valence-electron chi connectivity index (χ3n) is 3.02. The van der Waals surface area contributed by atoms with Gasteiger partial charge in [-0.2, -0.15) is 0 Å². The van der Waals surface area contributed by atoms with E-state index in [9.17, 15) is 4.79 Å². The highest BCUT2D eigenvalue weighted by molar-refractivity contribution is 5.93. The van der Waals surface area contributed by atoms with Crippen LogP contribution in [0.5, 0.6) is 5.75 Å². The van der Waals surface area contributed by atoms with Gasteiger partial charge in [-0.3, -0.25) is 4.79 Å². The molecule has 0 saturated heterocycles. The first-order valence-electron chi connectivity index (χ1n) is 6.98. The predicted molar refractivity (Wildman–Crippen MR) is 77.4 cm³/mol. The largest absolute Gasteiger partial charge is 0.491 e. The molecule has 0 saturated carbocycles. The fourth-order valence-electron chi connectivity index (χ4n) is 1.90. The van der Waals surface area contributed by atoms with Crippen molar-refractivity contribution in [3.8, 4) is 5.75 Å². The molecule has 0 radical (unpaired) electrons. The zero-order valence-corrected chi connectivity index (χ0v) is 12.0. The van der Waals surface area contributed by atoms with Crippen LogP contribution < -0.4 is 4.74 Å². The van der Waals surface area contributed by atoms with Crippen molar-refractivity contribution in [3.63, 3.8) is 0 Å². The molecule has 1 aliphatic heterocycles. The summed E-state index contributed by atoms with van der Waals surface area (Å²) in [4.78, 5) is 11.6. The number of Topliss-reactive ketones (excluding diaryl/α,β-unsaturated/α-hetero) is 1. The Bertz CT molecular complexity index is 483. The normalized spacial score (nSPS) is 18.7. The molecule has 0 N–H and O–H groups in total. The Morgan fingerprint density at radius 2 is 1.67 bits per heavy atom. The molecule has 0 atom stereocenters. The van der Waals surface area contributed by atoms with Gasteiger partial charge in [-0.15, -0.1) is 0 Å². The van der Waals surface area contributed by atoms with Crippen LogP contribution in [-0.2, 0) is 25.4 Å². The third kappa shape index (κ3) is 5.21. The third-order valence-corrected chi connectivity index (χ3v) is 3.02. The van der Waals surface area contributed by atoms with Crippen molar-refractivity contribution < 1.29 is 23.7 Å². The van der Waals surface area contributed by atoms with E-state index in [1.807, 2.05) is 24.3 Å². The first-order valence-corrected chi connectivity index (χ1v) is 6.98. The topological polar surface area (TPSA) is 54.0 Å². The maximum Gasteiger partial charge on any atom is 0.222 e. The minimum absolute atomic E-state index is 0.0509. The highest BCUT2D eigenvalue weighted by Gasteiger charge is 2.10. The lowest BCUT2D eigenvalue weighted by molar-refractivity contribution is -0.123. The molecule has 1 heterocycles. The Morgan fingerprint density at radius 3 is 2.57 bits per heavy atom. The first kappa shape index (κ1) is 15.5. The molecule has 5 nitrogen and oxygen atoms in total. The zero-order valence-electron chi connectivity index (χ0n) is 12.0. The van der Waals surface area contributed by atoms with Crippen LogP contribution in [0.2, 0.25) is 0 Å².